The van der Waals surface area contributed by atoms with Gasteiger partial charge in [0.2, 0.25) is 0 Å². The van der Waals surface area contributed by atoms with Crippen LogP contribution in [0, 0.1) is 5.82 Å². The first-order valence-corrected chi connectivity index (χ1v) is 7.88. The number of carbonyl (C=O) groups is 1. The number of sulfonamides is 1. The summed E-state index contributed by atoms with van der Waals surface area (Å²) in [6, 6.07) is 4.61. The fourth-order valence-electron chi connectivity index (χ4n) is 1.60. The maximum Gasteiger partial charge on any atom is 0.347 e. The van der Waals surface area contributed by atoms with E-state index in [0.717, 1.165) is 17.4 Å². The Labute approximate surface area is 123 Å². The summed E-state index contributed by atoms with van der Waals surface area (Å²) in [5, 5.41) is 10.3. The summed E-state index contributed by atoms with van der Waals surface area (Å²) in [5.41, 5.74) is 0.0655. The smallest absolute Gasteiger partial charge is 0.347 e. The molecule has 1 aromatic carbocycles. The minimum atomic E-state index is -4.08. The van der Waals surface area contributed by atoms with Crippen LogP contribution in [0.2, 0.25) is 0 Å². The van der Waals surface area contributed by atoms with Crippen molar-refractivity contribution in [1.29, 1.82) is 0 Å². The third-order valence-corrected chi connectivity index (χ3v) is 4.97. The van der Waals surface area contributed by atoms with Crippen molar-refractivity contribution in [1.82, 2.24) is 0 Å². The first kappa shape index (κ1) is 15.3. The van der Waals surface area contributed by atoms with E-state index < -0.39 is 21.8 Å². The van der Waals surface area contributed by atoms with Gasteiger partial charge < -0.3 is 9.84 Å². The van der Waals surface area contributed by atoms with Crippen molar-refractivity contribution in [3.8, 4) is 5.75 Å². The molecule has 2 N–H and O–H groups in total. The summed E-state index contributed by atoms with van der Waals surface area (Å²) in [6.07, 6.45) is 0. The number of halogens is 1. The molecule has 2 rings (SSSR count). The van der Waals surface area contributed by atoms with E-state index in [2.05, 4.69) is 4.72 Å². The summed E-state index contributed by atoms with van der Waals surface area (Å²) >= 11 is 0.802. The maximum absolute atomic E-state index is 13.3. The van der Waals surface area contributed by atoms with Crippen molar-refractivity contribution in [2.75, 3.05) is 11.8 Å². The van der Waals surface area contributed by atoms with Crippen molar-refractivity contribution in [3.05, 3.63) is 40.3 Å². The minimum absolute atomic E-state index is 0.0655. The van der Waals surface area contributed by atoms with Gasteiger partial charge in [-0.3, -0.25) is 4.72 Å². The Hall–Kier alpha value is -2.13. The Balaban J connectivity index is 2.38. The predicted octanol–water partition coefficient (Wildman–Crippen LogP) is 2.39. The van der Waals surface area contributed by atoms with Crippen molar-refractivity contribution < 1.29 is 27.4 Å². The standard InChI is InChI=1S/C12H10FNO5S2/c1-19-9-6-7(2-3-8(9)13)14-21(17,18)10-4-5-20-11(10)12(15)16/h2-6,14H,1H3,(H,15,16). The largest absolute Gasteiger partial charge is 0.494 e. The topological polar surface area (TPSA) is 92.7 Å². The highest BCUT2D eigenvalue weighted by atomic mass is 32.2. The predicted molar refractivity (Wildman–Crippen MR) is 75.0 cm³/mol. The number of thiophene rings is 1. The molecule has 0 radical (unpaired) electrons. The molecule has 0 saturated heterocycles. The zero-order chi connectivity index (χ0) is 15.6. The van der Waals surface area contributed by atoms with E-state index in [0.29, 0.717) is 0 Å². The lowest BCUT2D eigenvalue weighted by Gasteiger charge is -2.09. The van der Waals surface area contributed by atoms with Crippen LogP contribution in [-0.2, 0) is 10.0 Å². The van der Waals surface area contributed by atoms with Gasteiger partial charge in [0, 0.05) is 6.07 Å². The van der Waals surface area contributed by atoms with Gasteiger partial charge in [0.1, 0.15) is 9.77 Å². The SMILES string of the molecule is COc1cc(NS(=O)(=O)c2ccsc2C(=O)O)ccc1F. The van der Waals surface area contributed by atoms with Crippen LogP contribution in [-0.4, -0.2) is 26.6 Å². The number of carboxylic acids is 1. The molecule has 0 fully saturated rings. The number of methoxy groups -OCH3 is 1. The monoisotopic (exact) mass is 331 g/mol. The van der Waals surface area contributed by atoms with Crippen LogP contribution in [0.25, 0.3) is 0 Å². The first-order chi connectivity index (χ1) is 9.85. The highest BCUT2D eigenvalue weighted by molar-refractivity contribution is 7.93. The molecule has 0 aliphatic heterocycles. The number of aromatic carboxylic acids is 1. The molecule has 112 valence electrons. The molecule has 0 spiro atoms. The molecule has 0 atom stereocenters. The molecule has 6 nitrogen and oxygen atoms in total. The van der Waals surface area contributed by atoms with Crippen molar-refractivity contribution >= 4 is 33.0 Å². The molecule has 0 unspecified atom stereocenters. The Morgan fingerprint density at radius 2 is 2.10 bits per heavy atom. The highest BCUT2D eigenvalue weighted by Crippen LogP contribution is 2.27. The number of hydrogen-bond donors (Lipinski definition) is 2. The fraction of sp³-hybridized carbons (Fsp3) is 0.0833. The molecule has 9 heteroatoms. The quantitative estimate of drug-likeness (QED) is 0.877. The van der Waals surface area contributed by atoms with Crippen LogP contribution in [0.5, 0.6) is 5.75 Å². The third kappa shape index (κ3) is 3.14. The summed E-state index contributed by atoms with van der Waals surface area (Å²) in [6.45, 7) is 0. The lowest BCUT2D eigenvalue weighted by molar-refractivity contribution is 0.0698. The zero-order valence-electron chi connectivity index (χ0n) is 10.7. The van der Waals surface area contributed by atoms with Gasteiger partial charge in [-0.1, -0.05) is 0 Å². The molecule has 0 aliphatic rings. The van der Waals surface area contributed by atoms with Gasteiger partial charge in [0.05, 0.1) is 12.8 Å². The Kier molecular flexibility index (Phi) is 4.14. The van der Waals surface area contributed by atoms with Crippen LogP contribution in [0.4, 0.5) is 10.1 Å². The molecule has 0 amide bonds. The van der Waals surface area contributed by atoms with E-state index in [1.165, 1.54) is 30.7 Å². The fourth-order valence-corrected chi connectivity index (χ4v) is 3.91. The number of anilines is 1. The van der Waals surface area contributed by atoms with E-state index in [-0.39, 0.29) is 21.2 Å². The lowest BCUT2D eigenvalue weighted by atomic mass is 10.3. The zero-order valence-corrected chi connectivity index (χ0v) is 12.3. The lowest BCUT2D eigenvalue weighted by Crippen LogP contribution is -2.15. The second-order valence-electron chi connectivity index (χ2n) is 3.87. The van der Waals surface area contributed by atoms with Gasteiger partial charge in [-0.15, -0.1) is 11.3 Å². The Bertz CT molecular complexity index is 785. The van der Waals surface area contributed by atoms with Gasteiger partial charge in [0.15, 0.2) is 11.6 Å². The third-order valence-electron chi connectivity index (χ3n) is 2.52. The minimum Gasteiger partial charge on any atom is -0.494 e. The normalized spacial score (nSPS) is 11.1. The van der Waals surface area contributed by atoms with Crippen LogP contribution in [0.3, 0.4) is 0 Å². The second kappa shape index (κ2) is 5.70. The number of nitrogens with one attached hydrogen (secondary N) is 1. The number of rotatable bonds is 5. The average Bonchev–Trinajstić information content (AvgIpc) is 2.91. The second-order valence-corrected chi connectivity index (χ2v) is 6.44. The molecule has 0 aliphatic carbocycles. The van der Waals surface area contributed by atoms with E-state index >= 15 is 0 Å². The van der Waals surface area contributed by atoms with Crippen molar-refractivity contribution in [2.45, 2.75) is 4.90 Å². The van der Waals surface area contributed by atoms with E-state index in [1.54, 1.807) is 0 Å². The van der Waals surface area contributed by atoms with Crippen molar-refractivity contribution in [3.63, 3.8) is 0 Å². The van der Waals surface area contributed by atoms with E-state index in [9.17, 15) is 17.6 Å². The van der Waals surface area contributed by atoms with E-state index in [4.69, 9.17) is 9.84 Å². The first-order valence-electron chi connectivity index (χ1n) is 5.52. The number of benzene rings is 1. The number of ether oxygens (including phenoxy) is 1. The summed E-state index contributed by atoms with van der Waals surface area (Å²) < 4.78 is 44.5. The van der Waals surface area contributed by atoms with Gasteiger partial charge in [-0.05, 0) is 23.6 Å². The van der Waals surface area contributed by atoms with Gasteiger partial charge in [-0.2, -0.15) is 0 Å². The molecule has 1 heterocycles. The van der Waals surface area contributed by atoms with E-state index in [1.807, 2.05) is 0 Å². The van der Waals surface area contributed by atoms with Crippen LogP contribution in [0.1, 0.15) is 9.67 Å². The van der Waals surface area contributed by atoms with Crippen LogP contribution in [0.15, 0.2) is 34.5 Å². The molecule has 21 heavy (non-hydrogen) atoms. The summed E-state index contributed by atoms with van der Waals surface area (Å²) in [7, 11) is -2.83. The van der Waals surface area contributed by atoms with Gasteiger partial charge in [-0.25, -0.2) is 17.6 Å². The molecule has 1 aromatic heterocycles. The summed E-state index contributed by atoms with van der Waals surface area (Å²) in [5.74, 6) is -2.09. The number of hydrogen-bond acceptors (Lipinski definition) is 5. The molecule has 0 saturated carbocycles. The number of carboxylic acid groups (broad SMARTS) is 1. The van der Waals surface area contributed by atoms with Crippen LogP contribution < -0.4 is 9.46 Å². The van der Waals surface area contributed by atoms with Crippen LogP contribution >= 0.6 is 11.3 Å². The Morgan fingerprint density at radius 3 is 2.71 bits per heavy atom. The van der Waals surface area contributed by atoms with Gasteiger partial charge in [0.25, 0.3) is 10.0 Å². The highest BCUT2D eigenvalue weighted by Gasteiger charge is 2.24. The Morgan fingerprint density at radius 1 is 1.38 bits per heavy atom. The molecule has 2 aromatic rings. The van der Waals surface area contributed by atoms with Crippen molar-refractivity contribution in [2.24, 2.45) is 0 Å². The molecular weight excluding hydrogens is 321 g/mol. The maximum atomic E-state index is 13.3. The molecular formula is C12H10FNO5S2. The average molecular weight is 331 g/mol. The summed E-state index contributed by atoms with van der Waals surface area (Å²) in [4.78, 5) is 10.3. The van der Waals surface area contributed by atoms with Gasteiger partial charge >= 0.3 is 5.97 Å². The molecule has 0 bridgehead atoms.